The van der Waals surface area contributed by atoms with Crippen molar-refractivity contribution in [1.29, 1.82) is 0 Å². The molecule has 118 valence electrons. The number of phenols is 1. The smallest absolute Gasteiger partial charge is 0.335 e. The number of benzene rings is 2. The summed E-state index contributed by atoms with van der Waals surface area (Å²) in [5.74, 6) is -0.522. The number of H-pyrrole nitrogens is 1. The number of phenolic OH excluding ortho intramolecular Hbond substituents is 1. The van der Waals surface area contributed by atoms with Crippen molar-refractivity contribution in [3.63, 3.8) is 0 Å². The van der Waals surface area contributed by atoms with E-state index in [0.29, 0.717) is 5.69 Å². The Labute approximate surface area is 133 Å². The lowest BCUT2D eigenvalue weighted by Crippen LogP contribution is -1.95. The molecule has 0 fully saturated rings. The van der Waals surface area contributed by atoms with Crippen molar-refractivity contribution in [2.75, 3.05) is 0 Å². The molecule has 0 unspecified atom stereocenters. The minimum absolute atomic E-state index is 0.175. The molecule has 1 heterocycles. The van der Waals surface area contributed by atoms with Crippen molar-refractivity contribution in [3.05, 3.63) is 47.0 Å². The second-order valence-electron chi connectivity index (χ2n) is 6.02. The first-order chi connectivity index (χ1) is 10.9. The lowest BCUT2D eigenvalue weighted by molar-refractivity contribution is 0.0697. The van der Waals surface area contributed by atoms with Crippen LogP contribution in [0.1, 0.15) is 41.3 Å². The number of nitrogens with one attached hydrogen (secondary N) is 1. The first kappa shape index (κ1) is 15.1. The van der Waals surface area contributed by atoms with E-state index in [-0.39, 0.29) is 17.2 Å². The van der Waals surface area contributed by atoms with Crippen LogP contribution in [0.5, 0.6) is 5.75 Å². The highest BCUT2D eigenvalue weighted by molar-refractivity contribution is 5.99. The van der Waals surface area contributed by atoms with Gasteiger partial charge in [-0.1, -0.05) is 13.8 Å². The Bertz CT molecular complexity index is 910. The molecular weight excluding hydrogens is 292 g/mol. The van der Waals surface area contributed by atoms with Crippen molar-refractivity contribution < 1.29 is 15.0 Å². The highest BCUT2D eigenvalue weighted by Crippen LogP contribution is 2.35. The molecule has 3 aromatic rings. The number of rotatable bonds is 3. The molecule has 2 aromatic carbocycles. The Kier molecular flexibility index (Phi) is 3.56. The van der Waals surface area contributed by atoms with E-state index in [1.807, 2.05) is 26.8 Å². The Morgan fingerprint density at radius 3 is 2.61 bits per heavy atom. The van der Waals surface area contributed by atoms with Gasteiger partial charge in [0.15, 0.2) is 0 Å². The van der Waals surface area contributed by atoms with Crippen LogP contribution in [0.25, 0.3) is 22.2 Å². The first-order valence-corrected chi connectivity index (χ1v) is 7.43. The van der Waals surface area contributed by atoms with Gasteiger partial charge in [-0.15, -0.1) is 0 Å². The summed E-state index contributed by atoms with van der Waals surface area (Å²) >= 11 is 0. The number of carboxylic acid groups (broad SMARTS) is 1. The molecule has 5 nitrogen and oxygen atoms in total. The van der Waals surface area contributed by atoms with Gasteiger partial charge in [-0.25, -0.2) is 4.79 Å². The molecule has 0 atom stereocenters. The fourth-order valence-electron chi connectivity index (χ4n) is 2.78. The standard InChI is InChI=1S/C18H18N2O3/c1-9(2)12-8-13(10(3)6-16(12)21)17-14-7-11(18(22)23)4-5-15(14)19-20-17/h4-9,21H,1-3H3,(H,19,20)(H,22,23). The van der Waals surface area contributed by atoms with Crippen LogP contribution in [0.2, 0.25) is 0 Å². The zero-order chi connectivity index (χ0) is 16.7. The lowest BCUT2D eigenvalue weighted by Gasteiger charge is -2.12. The Morgan fingerprint density at radius 2 is 1.96 bits per heavy atom. The van der Waals surface area contributed by atoms with E-state index in [0.717, 1.165) is 27.6 Å². The molecule has 0 radical (unpaired) electrons. The molecular formula is C18H18N2O3. The average Bonchev–Trinajstić information content (AvgIpc) is 2.89. The van der Waals surface area contributed by atoms with Crippen LogP contribution in [-0.2, 0) is 0 Å². The van der Waals surface area contributed by atoms with Crippen molar-refractivity contribution in [3.8, 4) is 17.0 Å². The number of hydrogen-bond acceptors (Lipinski definition) is 3. The van der Waals surface area contributed by atoms with Gasteiger partial charge in [0, 0.05) is 10.9 Å². The van der Waals surface area contributed by atoms with E-state index >= 15 is 0 Å². The largest absolute Gasteiger partial charge is 0.508 e. The van der Waals surface area contributed by atoms with Gasteiger partial charge in [-0.3, -0.25) is 5.10 Å². The van der Waals surface area contributed by atoms with E-state index in [2.05, 4.69) is 10.2 Å². The van der Waals surface area contributed by atoms with Crippen molar-refractivity contribution in [2.45, 2.75) is 26.7 Å². The molecule has 0 aliphatic rings. The number of aromatic carboxylic acids is 1. The average molecular weight is 310 g/mol. The monoisotopic (exact) mass is 310 g/mol. The number of aryl methyl sites for hydroxylation is 1. The Morgan fingerprint density at radius 1 is 1.22 bits per heavy atom. The summed E-state index contributed by atoms with van der Waals surface area (Å²) in [6.07, 6.45) is 0. The number of carbonyl (C=O) groups is 1. The first-order valence-electron chi connectivity index (χ1n) is 7.43. The van der Waals surface area contributed by atoms with Crippen LogP contribution in [0, 0.1) is 6.92 Å². The van der Waals surface area contributed by atoms with Crippen molar-refractivity contribution in [1.82, 2.24) is 10.2 Å². The number of nitrogens with zero attached hydrogens (tertiary/aromatic N) is 1. The van der Waals surface area contributed by atoms with Gasteiger partial charge >= 0.3 is 5.97 Å². The Balaban J connectivity index is 2.26. The van der Waals surface area contributed by atoms with Crippen LogP contribution in [0.15, 0.2) is 30.3 Å². The maximum absolute atomic E-state index is 11.2. The minimum atomic E-state index is -0.968. The number of aromatic amines is 1. The Hall–Kier alpha value is -2.82. The summed E-state index contributed by atoms with van der Waals surface area (Å²) in [5.41, 5.74) is 4.32. The molecule has 0 aliphatic carbocycles. The number of hydrogen-bond donors (Lipinski definition) is 3. The van der Waals surface area contributed by atoms with Gasteiger partial charge in [-0.05, 0) is 54.3 Å². The second-order valence-corrected chi connectivity index (χ2v) is 6.02. The zero-order valence-electron chi connectivity index (χ0n) is 13.2. The molecule has 3 N–H and O–H groups in total. The van der Waals surface area contributed by atoms with Gasteiger partial charge in [-0.2, -0.15) is 5.10 Å². The van der Waals surface area contributed by atoms with Crippen molar-refractivity contribution in [2.24, 2.45) is 0 Å². The third-order valence-electron chi connectivity index (χ3n) is 4.06. The maximum Gasteiger partial charge on any atom is 0.335 e. The van der Waals surface area contributed by atoms with Gasteiger partial charge in [0.25, 0.3) is 0 Å². The summed E-state index contributed by atoms with van der Waals surface area (Å²) in [4.78, 5) is 11.2. The van der Waals surface area contributed by atoms with E-state index in [4.69, 9.17) is 0 Å². The number of fused-ring (bicyclic) bond motifs is 1. The minimum Gasteiger partial charge on any atom is -0.508 e. The maximum atomic E-state index is 11.2. The normalized spacial score (nSPS) is 11.3. The van der Waals surface area contributed by atoms with Gasteiger partial charge in [0.2, 0.25) is 0 Å². The molecule has 0 spiro atoms. The van der Waals surface area contributed by atoms with E-state index < -0.39 is 5.97 Å². The van der Waals surface area contributed by atoms with Crippen molar-refractivity contribution >= 4 is 16.9 Å². The topological polar surface area (TPSA) is 86.2 Å². The van der Waals surface area contributed by atoms with Crippen LogP contribution in [0.3, 0.4) is 0 Å². The summed E-state index contributed by atoms with van der Waals surface area (Å²) in [7, 11) is 0. The van der Waals surface area contributed by atoms with Crippen LogP contribution < -0.4 is 0 Å². The second kappa shape index (κ2) is 5.43. The summed E-state index contributed by atoms with van der Waals surface area (Å²) < 4.78 is 0. The van der Waals surface area contributed by atoms with Gasteiger partial charge in [0.05, 0.1) is 11.1 Å². The third-order valence-corrected chi connectivity index (χ3v) is 4.06. The molecule has 0 aliphatic heterocycles. The third kappa shape index (κ3) is 2.54. The predicted molar refractivity (Wildman–Crippen MR) is 89.0 cm³/mol. The fraction of sp³-hybridized carbons (Fsp3) is 0.222. The summed E-state index contributed by atoms with van der Waals surface area (Å²) in [6, 6.07) is 8.55. The fourth-order valence-corrected chi connectivity index (χ4v) is 2.78. The molecule has 0 bridgehead atoms. The lowest BCUT2D eigenvalue weighted by atomic mass is 9.94. The quantitative estimate of drug-likeness (QED) is 0.680. The zero-order valence-corrected chi connectivity index (χ0v) is 13.2. The SMILES string of the molecule is Cc1cc(O)c(C(C)C)cc1-c1n[nH]c2ccc(C(=O)O)cc12. The van der Waals surface area contributed by atoms with E-state index in [9.17, 15) is 15.0 Å². The molecule has 5 heteroatoms. The van der Waals surface area contributed by atoms with E-state index in [1.54, 1.807) is 24.3 Å². The highest BCUT2D eigenvalue weighted by Gasteiger charge is 2.16. The number of carboxylic acids is 1. The van der Waals surface area contributed by atoms with Gasteiger partial charge in [0.1, 0.15) is 11.4 Å². The van der Waals surface area contributed by atoms with Gasteiger partial charge < -0.3 is 10.2 Å². The summed E-state index contributed by atoms with van der Waals surface area (Å²) in [6.45, 7) is 5.93. The number of aromatic nitrogens is 2. The molecule has 0 saturated carbocycles. The molecule has 0 amide bonds. The number of aromatic hydroxyl groups is 1. The highest BCUT2D eigenvalue weighted by atomic mass is 16.4. The van der Waals surface area contributed by atoms with Crippen LogP contribution in [-0.4, -0.2) is 26.4 Å². The summed E-state index contributed by atoms with van der Waals surface area (Å²) in [5, 5.41) is 27.3. The van der Waals surface area contributed by atoms with E-state index in [1.165, 1.54) is 0 Å². The molecule has 1 aromatic heterocycles. The van der Waals surface area contributed by atoms with Crippen LogP contribution in [0.4, 0.5) is 0 Å². The molecule has 3 rings (SSSR count). The predicted octanol–water partition coefficient (Wildman–Crippen LogP) is 4.07. The molecule has 23 heavy (non-hydrogen) atoms. The molecule has 0 saturated heterocycles. The van der Waals surface area contributed by atoms with Crippen LogP contribution >= 0.6 is 0 Å².